The van der Waals surface area contributed by atoms with Crippen LogP contribution in [0.4, 0.5) is 0 Å². The first kappa shape index (κ1) is 6.16. The Morgan fingerprint density at radius 3 is 2.67 bits per heavy atom. The number of hydrogen-bond acceptors (Lipinski definition) is 1. The minimum absolute atomic E-state index is 0.755. The van der Waals surface area contributed by atoms with E-state index in [0.717, 1.165) is 18.0 Å². The fourth-order valence-corrected chi connectivity index (χ4v) is 2.56. The van der Waals surface area contributed by atoms with E-state index >= 15 is 0 Å². The first-order valence-corrected chi connectivity index (χ1v) is 4.38. The van der Waals surface area contributed by atoms with E-state index < -0.39 is 0 Å². The molecule has 0 radical (unpaired) electrons. The Kier molecular flexibility index (Phi) is 1.34. The molecule has 0 spiro atoms. The monoisotopic (exact) mass is 235 g/mol. The molecule has 0 aromatic heterocycles. The van der Waals surface area contributed by atoms with Crippen LogP contribution in [0.15, 0.2) is 12.2 Å². The summed E-state index contributed by atoms with van der Waals surface area (Å²) in [4.78, 5) is 0. The topological polar surface area (TPSA) is 3.24 Å². The number of hydrogen-bond donors (Lipinski definition) is 0. The number of fused-ring (bicyclic) bond motifs is 2. The summed E-state index contributed by atoms with van der Waals surface area (Å²) < 4.78 is 2.43. The third kappa shape index (κ3) is 0.759. The van der Waals surface area contributed by atoms with Crippen molar-refractivity contribution in [2.75, 3.05) is 0 Å². The molecule has 1 heterocycles. The van der Waals surface area contributed by atoms with Crippen LogP contribution in [0.1, 0.15) is 13.3 Å². The molecule has 2 aliphatic rings. The summed E-state index contributed by atoms with van der Waals surface area (Å²) >= 11 is 2.43. The highest BCUT2D eigenvalue weighted by molar-refractivity contribution is 14.1. The third-order valence-electron chi connectivity index (χ3n) is 2.42. The van der Waals surface area contributed by atoms with E-state index in [1.807, 2.05) is 0 Å². The summed E-state index contributed by atoms with van der Waals surface area (Å²) in [5.74, 6) is 0.854. The van der Waals surface area contributed by atoms with Crippen molar-refractivity contribution in [3.05, 3.63) is 12.2 Å². The lowest BCUT2D eigenvalue weighted by atomic mass is 10.1. The SMILES string of the molecule is CC1[C@H]2C=C[C@H](C2)N1I. The zero-order valence-electron chi connectivity index (χ0n) is 5.42. The van der Waals surface area contributed by atoms with Gasteiger partial charge in [-0.3, -0.25) is 0 Å². The summed E-state index contributed by atoms with van der Waals surface area (Å²) in [7, 11) is 0. The highest BCUT2D eigenvalue weighted by Crippen LogP contribution is 2.38. The number of nitrogens with zero attached hydrogens (tertiary/aromatic N) is 1. The molecule has 1 aliphatic heterocycles. The number of halogens is 1. The zero-order chi connectivity index (χ0) is 6.43. The van der Waals surface area contributed by atoms with Crippen LogP contribution in [-0.2, 0) is 0 Å². The van der Waals surface area contributed by atoms with Crippen molar-refractivity contribution in [2.24, 2.45) is 5.92 Å². The van der Waals surface area contributed by atoms with Gasteiger partial charge in [0.05, 0.1) is 0 Å². The van der Waals surface area contributed by atoms with E-state index in [4.69, 9.17) is 0 Å². The van der Waals surface area contributed by atoms with Crippen molar-refractivity contribution in [3.8, 4) is 0 Å². The highest BCUT2D eigenvalue weighted by atomic mass is 127. The molecule has 2 rings (SSSR count). The molecule has 3 atom stereocenters. The molecule has 0 N–H and O–H groups in total. The van der Waals surface area contributed by atoms with Gasteiger partial charge in [0, 0.05) is 34.9 Å². The van der Waals surface area contributed by atoms with Crippen molar-refractivity contribution in [1.29, 1.82) is 0 Å². The fraction of sp³-hybridized carbons (Fsp3) is 0.714. The van der Waals surface area contributed by atoms with Gasteiger partial charge in [0.1, 0.15) is 0 Å². The van der Waals surface area contributed by atoms with E-state index in [1.54, 1.807) is 0 Å². The van der Waals surface area contributed by atoms with E-state index in [2.05, 4.69) is 45.1 Å². The maximum atomic E-state index is 2.43. The Bertz CT molecular complexity index is 139. The maximum Gasteiger partial charge on any atom is 0.0383 e. The zero-order valence-corrected chi connectivity index (χ0v) is 7.58. The molecule has 1 saturated heterocycles. The molecule has 0 aromatic carbocycles. The second-order valence-corrected chi connectivity index (χ2v) is 4.05. The van der Waals surface area contributed by atoms with Gasteiger partial charge >= 0.3 is 0 Å². The minimum Gasteiger partial charge on any atom is -0.237 e. The molecule has 0 amide bonds. The van der Waals surface area contributed by atoms with E-state index in [9.17, 15) is 0 Å². The smallest absolute Gasteiger partial charge is 0.0383 e. The molecular formula is C7H10IN. The van der Waals surface area contributed by atoms with Gasteiger partial charge in [-0.25, -0.2) is 3.11 Å². The molecule has 0 saturated carbocycles. The highest BCUT2D eigenvalue weighted by Gasteiger charge is 2.38. The summed E-state index contributed by atoms with van der Waals surface area (Å²) in [6.07, 6.45) is 6.06. The standard InChI is InChI=1S/C7H10IN/c1-5-6-2-3-7(4-6)9(5)8/h2-3,5-7H,4H2,1H3/t5?,6-,7+/m0/s1. The van der Waals surface area contributed by atoms with E-state index in [1.165, 1.54) is 6.42 Å². The van der Waals surface area contributed by atoms with Crippen LogP contribution >= 0.6 is 22.9 Å². The lowest BCUT2D eigenvalue weighted by molar-refractivity contribution is 0.415. The molecule has 0 aromatic rings. The minimum atomic E-state index is 0.755. The Morgan fingerprint density at radius 1 is 1.56 bits per heavy atom. The second kappa shape index (κ2) is 1.95. The van der Waals surface area contributed by atoms with Crippen molar-refractivity contribution >= 4 is 22.9 Å². The van der Waals surface area contributed by atoms with Gasteiger partial charge in [0.25, 0.3) is 0 Å². The molecule has 1 aliphatic carbocycles. The van der Waals surface area contributed by atoms with Crippen molar-refractivity contribution in [1.82, 2.24) is 3.11 Å². The largest absolute Gasteiger partial charge is 0.237 e. The summed E-state index contributed by atoms with van der Waals surface area (Å²) in [5, 5.41) is 0. The Labute approximate surface area is 69.6 Å². The van der Waals surface area contributed by atoms with Gasteiger partial charge < -0.3 is 0 Å². The van der Waals surface area contributed by atoms with Crippen LogP contribution in [0.2, 0.25) is 0 Å². The van der Waals surface area contributed by atoms with Gasteiger partial charge in [-0.05, 0) is 19.3 Å². The lowest BCUT2D eigenvalue weighted by Gasteiger charge is -2.22. The molecule has 2 heteroatoms. The predicted molar refractivity (Wildman–Crippen MR) is 46.4 cm³/mol. The Balaban J connectivity index is 2.26. The molecule has 2 bridgehead atoms. The molecule has 9 heavy (non-hydrogen) atoms. The van der Waals surface area contributed by atoms with Crippen LogP contribution in [0, 0.1) is 5.92 Å². The van der Waals surface area contributed by atoms with Crippen LogP contribution in [0.25, 0.3) is 0 Å². The van der Waals surface area contributed by atoms with Crippen molar-refractivity contribution in [2.45, 2.75) is 25.4 Å². The van der Waals surface area contributed by atoms with Gasteiger partial charge in [0.15, 0.2) is 0 Å². The van der Waals surface area contributed by atoms with Gasteiger partial charge in [-0.15, -0.1) is 0 Å². The third-order valence-corrected chi connectivity index (χ3v) is 4.01. The fourth-order valence-electron chi connectivity index (χ4n) is 1.73. The predicted octanol–water partition coefficient (Wildman–Crippen LogP) is 1.99. The summed E-state index contributed by atoms with van der Waals surface area (Å²) in [5.41, 5.74) is 0. The molecule has 1 unspecified atom stereocenters. The molecular weight excluding hydrogens is 225 g/mol. The molecule has 1 nitrogen and oxygen atoms in total. The average Bonchev–Trinajstić information content (AvgIpc) is 2.37. The summed E-state index contributed by atoms with van der Waals surface area (Å²) in [6.45, 7) is 2.31. The van der Waals surface area contributed by atoms with Crippen LogP contribution in [0.5, 0.6) is 0 Å². The normalized spacial score (nSPS) is 48.9. The lowest BCUT2D eigenvalue weighted by Crippen LogP contribution is -2.27. The quantitative estimate of drug-likeness (QED) is 0.352. The average molecular weight is 235 g/mol. The summed E-state index contributed by atoms with van der Waals surface area (Å²) in [6, 6.07) is 1.53. The van der Waals surface area contributed by atoms with E-state index in [0.29, 0.717) is 0 Å². The van der Waals surface area contributed by atoms with Gasteiger partial charge in [-0.2, -0.15) is 0 Å². The van der Waals surface area contributed by atoms with Gasteiger partial charge in [-0.1, -0.05) is 12.2 Å². The van der Waals surface area contributed by atoms with E-state index in [-0.39, 0.29) is 0 Å². The first-order chi connectivity index (χ1) is 4.29. The van der Waals surface area contributed by atoms with Crippen LogP contribution in [0.3, 0.4) is 0 Å². The van der Waals surface area contributed by atoms with Crippen molar-refractivity contribution in [3.63, 3.8) is 0 Å². The number of rotatable bonds is 0. The van der Waals surface area contributed by atoms with Gasteiger partial charge in [0.2, 0.25) is 0 Å². The van der Waals surface area contributed by atoms with Crippen LogP contribution < -0.4 is 0 Å². The van der Waals surface area contributed by atoms with Crippen LogP contribution in [-0.4, -0.2) is 15.2 Å². The Morgan fingerprint density at radius 2 is 2.33 bits per heavy atom. The molecule has 1 fully saturated rings. The first-order valence-electron chi connectivity index (χ1n) is 3.41. The molecule has 50 valence electrons. The van der Waals surface area contributed by atoms with Crippen molar-refractivity contribution < 1.29 is 0 Å². The second-order valence-electron chi connectivity index (χ2n) is 2.94. The maximum absolute atomic E-state index is 2.43. The Hall–Kier alpha value is 0.430.